The first kappa shape index (κ1) is 19.1. The Bertz CT molecular complexity index is 1050. The topological polar surface area (TPSA) is 134 Å². The Hall–Kier alpha value is -3.72. The first-order valence-electron chi connectivity index (χ1n) is 8.01. The summed E-state index contributed by atoms with van der Waals surface area (Å²) in [5.74, 6) is -1.44. The lowest BCUT2D eigenvalue weighted by Crippen LogP contribution is -2.29. The number of nitrogens with zero attached hydrogens (tertiary/aromatic N) is 3. The second kappa shape index (κ2) is 7.89. The molecular weight excluding hydrogens is 384 g/mol. The molecule has 0 atom stereocenters. The van der Waals surface area contributed by atoms with E-state index in [4.69, 9.17) is 17.3 Å². The summed E-state index contributed by atoms with van der Waals surface area (Å²) in [6.45, 7) is 0. The summed E-state index contributed by atoms with van der Waals surface area (Å²) in [5.41, 5.74) is 5.80. The molecule has 3 rings (SSSR count). The summed E-state index contributed by atoms with van der Waals surface area (Å²) in [4.78, 5) is 47.9. The van der Waals surface area contributed by atoms with Crippen molar-refractivity contribution < 1.29 is 14.4 Å². The Labute approximate surface area is 164 Å². The number of hydrogen-bond acceptors (Lipinski definition) is 5. The number of carbonyl (C=O) groups is 3. The first-order valence-corrected chi connectivity index (χ1v) is 8.39. The van der Waals surface area contributed by atoms with Crippen molar-refractivity contribution in [1.29, 1.82) is 0 Å². The number of primary amides is 1. The zero-order valence-electron chi connectivity index (χ0n) is 14.6. The molecule has 0 bridgehead atoms. The van der Waals surface area contributed by atoms with Crippen LogP contribution in [-0.4, -0.2) is 39.7 Å². The molecule has 0 aliphatic carbocycles. The standard InChI is InChI=1S/C18H15ClN6O3/c1-25(18(28)15-14(16(20)26)22-9-23-15)10-6-7-13(21-8-10)24-17(27)11-4-2-3-5-12(11)19/h2-9H,1H3,(H2,20,26)(H,22,23)(H,21,24,27). The highest BCUT2D eigenvalue weighted by Crippen LogP contribution is 2.19. The van der Waals surface area contributed by atoms with Gasteiger partial charge in [0.15, 0.2) is 5.69 Å². The fourth-order valence-electron chi connectivity index (χ4n) is 2.41. The van der Waals surface area contributed by atoms with Crippen LogP contribution >= 0.6 is 11.6 Å². The van der Waals surface area contributed by atoms with E-state index in [2.05, 4.69) is 20.3 Å². The lowest BCUT2D eigenvalue weighted by Gasteiger charge is -2.16. The minimum absolute atomic E-state index is 0.0755. The van der Waals surface area contributed by atoms with Crippen LogP contribution in [0.3, 0.4) is 0 Å². The van der Waals surface area contributed by atoms with E-state index in [0.29, 0.717) is 16.3 Å². The van der Waals surface area contributed by atoms with Crippen LogP contribution < -0.4 is 16.0 Å². The molecule has 3 amide bonds. The zero-order valence-corrected chi connectivity index (χ0v) is 15.4. The molecule has 0 unspecified atom stereocenters. The van der Waals surface area contributed by atoms with E-state index < -0.39 is 17.7 Å². The Kier molecular flexibility index (Phi) is 5.37. The molecule has 4 N–H and O–H groups in total. The van der Waals surface area contributed by atoms with Gasteiger partial charge in [0.25, 0.3) is 17.7 Å². The van der Waals surface area contributed by atoms with Gasteiger partial charge in [-0.3, -0.25) is 14.4 Å². The van der Waals surface area contributed by atoms with Gasteiger partial charge in [0, 0.05) is 7.05 Å². The fourth-order valence-corrected chi connectivity index (χ4v) is 2.63. The fraction of sp³-hybridized carbons (Fsp3) is 0.0556. The van der Waals surface area contributed by atoms with Crippen molar-refractivity contribution >= 4 is 40.8 Å². The van der Waals surface area contributed by atoms with Crippen molar-refractivity contribution in [3.05, 3.63) is 70.9 Å². The molecule has 0 aliphatic heterocycles. The van der Waals surface area contributed by atoms with Gasteiger partial charge in [-0.25, -0.2) is 9.97 Å². The molecule has 2 aromatic heterocycles. The maximum Gasteiger partial charge on any atom is 0.279 e. The Morgan fingerprint density at radius 1 is 1.14 bits per heavy atom. The normalized spacial score (nSPS) is 10.4. The Balaban J connectivity index is 1.74. The first-order chi connectivity index (χ1) is 13.4. The number of aromatic nitrogens is 3. The monoisotopic (exact) mass is 398 g/mol. The minimum atomic E-state index is -0.787. The molecule has 10 heteroatoms. The van der Waals surface area contributed by atoms with Gasteiger partial charge in [0.2, 0.25) is 0 Å². The predicted octanol–water partition coefficient (Wildman–Crippen LogP) is 2.09. The van der Waals surface area contributed by atoms with E-state index in [0.717, 1.165) is 0 Å². The number of rotatable bonds is 5. The van der Waals surface area contributed by atoms with Crippen LogP contribution in [0.25, 0.3) is 0 Å². The molecule has 0 radical (unpaired) electrons. The van der Waals surface area contributed by atoms with Gasteiger partial charge in [-0.1, -0.05) is 23.7 Å². The number of pyridine rings is 1. The highest BCUT2D eigenvalue weighted by atomic mass is 35.5. The van der Waals surface area contributed by atoms with Gasteiger partial charge in [0.05, 0.1) is 28.8 Å². The van der Waals surface area contributed by atoms with Gasteiger partial charge in [-0.2, -0.15) is 0 Å². The van der Waals surface area contributed by atoms with Crippen molar-refractivity contribution in [3.63, 3.8) is 0 Å². The van der Waals surface area contributed by atoms with E-state index in [9.17, 15) is 14.4 Å². The number of hydrogen-bond donors (Lipinski definition) is 3. The Morgan fingerprint density at radius 2 is 1.89 bits per heavy atom. The third-order valence-electron chi connectivity index (χ3n) is 3.89. The van der Waals surface area contributed by atoms with Crippen molar-refractivity contribution in [3.8, 4) is 0 Å². The van der Waals surface area contributed by atoms with Gasteiger partial charge in [-0.05, 0) is 24.3 Å². The summed E-state index contributed by atoms with van der Waals surface area (Å²) in [7, 11) is 1.50. The van der Waals surface area contributed by atoms with E-state index in [-0.39, 0.29) is 17.2 Å². The minimum Gasteiger partial charge on any atom is -0.364 e. The number of imidazole rings is 1. The number of benzene rings is 1. The molecule has 1 aromatic carbocycles. The van der Waals surface area contributed by atoms with Crippen LogP contribution in [-0.2, 0) is 0 Å². The summed E-state index contributed by atoms with van der Waals surface area (Å²) < 4.78 is 0. The summed E-state index contributed by atoms with van der Waals surface area (Å²) in [6.07, 6.45) is 2.61. The second-order valence-electron chi connectivity index (χ2n) is 5.69. The van der Waals surface area contributed by atoms with E-state index in [1.54, 1.807) is 30.3 Å². The number of carbonyl (C=O) groups excluding carboxylic acids is 3. The molecule has 0 fully saturated rings. The van der Waals surface area contributed by atoms with Gasteiger partial charge in [-0.15, -0.1) is 0 Å². The van der Waals surface area contributed by atoms with Crippen LogP contribution in [0.2, 0.25) is 5.02 Å². The predicted molar refractivity (Wildman–Crippen MR) is 103 cm³/mol. The Morgan fingerprint density at radius 3 is 2.54 bits per heavy atom. The number of nitrogens with one attached hydrogen (secondary N) is 2. The number of aromatic amines is 1. The average molecular weight is 399 g/mol. The largest absolute Gasteiger partial charge is 0.364 e. The molecular formula is C18H15ClN6O3. The lowest BCUT2D eigenvalue weighted by atomic mass is 10.2. The summed E-state index contributed by atoms with van der Waals surface area (Å²) >= 11 is 6.00. The van der Waals surface area contributed by atoms with Crippen molar-refractivity contribution in [2.75, 3.05) is 17.3 Å². The molecule has 0 saturated heterocycles. The third kappa shape index (κ3) is 3.84. The van der Waals surface area contributed by atoms with E-state index >= 15 is 0 Å². The highest BCUT2D eigenvalue weighted by molar-refractivity contribution is 6.34. The number of anilines is 2. The van der Waals surface area contributed by atoms with Crippen molar-refractivity contribution in [2.24, 2.45) is 5.73 Å². The molecule has 2 heterocycles. The molecule has 0 spiro atoms. The van der Waals surface area contributed by atoms with Gasteiger partial charge in [0.1, 0.15) is 11.5 Å². The quantitative estimate of drug-likeness (QED) is 0.604. The molecule has 0 saturated carbocycles. The lowest BCUT2D eigenvalue weighted by molar-refractivity contribution is 0.0958. The van der Waals surface area contributed by atoms with Crippen LogP contribution in [0.4, 0.5) is 11.5 Å². The molecule has 28 heavy (non-hydrogen) atoms. The van der Waals surface area contributed by atoms with Crippen molar-refractivity contribution in [1.82, 2.24) is 15.0 Å². The molecule has 142 valence electrons. The SMILES string of the molecule is CN(C(=O)c1nc[nH]c1C(N)=O)c1ccc(NC(=O)c2ccccc2Cl)nc1. The summed E-state index contributed by atoms with van der Waals surface area (Å²) in [6, 6.07) is 9.76. The molecule has 3 aromatic rings. The maximum atomic E-state index is 12.5. The van der Waals surface area contributed by atoms with Crippen molar-refractivity contribution in [2.45, 2.75) is 0 Å². The number of H-pyrrole nitrogens is 1. The second-order valence-corrected chi connectivity index (χ2v) is 6.10. The van der Waals surface area contributed by atoms with Gasteiger partial charge >= 0.3 is 0 Å². The molecule has 9 nitrogen and oxygen atoms in total. The van der Waals surface area contributed by atoms with E-state index in [1.807, 2.05) is 0 Å². The number of nitrogens with two attached hydrogens (primary N) is 1. The van der Waals surface area contributed by atoms with Gasteiger partial charge < -0.3 is 20.9 Å². The van der Waals surface area contributed by atoms with Crippen LogP contribution in [0, 0.1) is 0 Å². The zero-order chi connectivity index (χ0) is 20.3. The molecule has 0 aliphatic rings. The maximum absolute atomic E-state index is 12.5. The summed E-state index contributed by atoms with van der Waals surface area (Å²) in [5, 5.41) is 2.95. The van der Waals surface area contributed by atoms with E-state index in [1.165, 1.54) is 30.5 Å². The van der Waals surface area contributed by atoms with Crippen LogP contribution in [0.5, 0.6) is 0 Å². The van der Waals surface area contributed by atoms with Crippen LogP contribution in [0.15, 0.2) is 48.9 Å². The average Bonchev–Trinajstić information content (AvgIpc) is 3.18. The smallest absolute Gasteiger partial charge is 0.279 e. The number of halogens is 1. The van der Waals surface area contributed by atoms with Crippen LogP contribution in [0.1, 0.15) is 31.3 Å². The third-order valence-corrected chi connectivity index (χ3v) is 4.22. The highest BCUT2D eigenvalue weighted by Gasteiger charge is 2.22. The number of amides is 3.